The highest BCUT2D eigenvalue weighted by atomic mass is 16.5. The van der Waals surface area contributed by atoms with Crippen LogP contribution in [0.2, 0.25) is 0 Å². The molecule has 0 bridgehead atoms. The summed E-state index contributed by atoms with van der Waals surface area (Å²) in [5, 5.41) is 0. The van der Waals surface area contributed by atoms with Gasteiger partial charge in [0.25, 0.3) is 0 Å². The number of carbonyl (C=O) groups is 1. The molecule has 1 aromatic rings. The number of esters is 1. The van der Waals surface area contributed by atoms with E-state index in [9.17, 15) is 4.79 Å². The van der Waals surface area contributed by atoms with Crippen molar-refractivity contribution in [2.45, 2.75) is 32.3 Å². The summed E-state index contributed by atoms with van der Waals surface area (Å²) in [6.07, 6.45) is 3.93. The summed E-state index contributed by atoms with van der Waals surface area (Å²) >= 11 is 0. The quantitative estimate of drug-likeness (QED) is 0.634. The molecule has 2 atom stereocenters. The minimum absolute atomic E-state index is 0.180. The molecule has 4 nitrogen and oxygen atoms in total. The third-order valence-electron chi connectivity index (χ3n) is 2.48. The van der Waals surface area contributed by atoms with Gasteiger partial charge in [0, 0.05) is 13.1 Å². The molecule has 0 aliphatic heterocycles. The van der Waals surface area contributed by atoms with Crippen LogP contribution in [0, 0.1) is 0 Å². The largest absolute Gasteiger partial charge is 0.456 e. The first-order valence-electron chi connectivity index (χ1n) is 4.65. The van der Waals surface area contributed by atoms with Gasteiger partial charge in [0.2, 0.25) is 0 Å². The van der Waals surface area contributed by atoms with Crippen molar-refractivity contribution in [3.8, 4) is 0 Å². The minimum Gasteiger partial charge on any atom is -0.456 e. The number of hydrogen-bond acceptors (Lipinski definition) is 4. The van der Waals surface area contributed by atoms with Crippen molar-refractivity contribution < 1.29 is 9.53 Å². The highest BCUT2D eigenvalue weighted by molar-refractivity contribution is 5.66. The van der Waals surface area contributed by atoms with Gasteiger partial charge in [0.1, 0.15) is 12.4 Å². The molecule has 0 amide bonds. The molecule has 1 aromatic heterocycles. The molecule has 0 saturated heterocycles. The molecule has 0 N–H and O–H groups in total. The molecule has 1 aliphatic rings. The van der Waals surface area contributed by atoms with E-state index in [4.69, 9.17) is 4.74 Å². The zero-order valence-corrected chi connectivity index (χ0v) is 8.23. The minimum atomic E-state index is -0.256. The van der Waals surface area contributed by atoms with Gasteiger partial charge in [-0.1, -0.05) is 6.92 Å². The average molecular weight is 192 g/mol. The lowest BCUT2D eigenvalue weighted by Crippen LogP contribution is -2.06. The standard InChI is InChI=1S/C10H12N2O2/c1-6-3-9(14-7(2)13)10-8(6)4-11-5-12-10/h4-6,9H,3H2,1-2H3/t6-,9-/m1/s1. The van der Waals surface area contributed by atoms with Gasteiger partial charge in [-0.05, 0) is 17.9 Å². The molecule has 0 spiro atoms. The van der Waals surface area contributed by atoms with E-state index >= 15 is 0 Å². The predicted molar refractivity (Wildman–Crippen MR) is 49.6 cm³/mol. The summed E-state index contributed by atoms with van der Waals surface area (Å²) in [7, 11) is 0. The molecule has 0 fully saturated rings. The van der Waals surface area contributed by atoms with Gasteiger partial charge in [-0.2, -0.15) is 0 Å². The van der Waals surface area contributed by atoms with Crippen molar-refractivity contribution in [3.05, 3.63) is 23.8 Å². The average Bonchev–Trinajstić information content (AvgIpc) is 2.44. The topological polar surface area (TPSA) is 52.1 Å². The number of carbonyl (C=O) groups excluding carboxylic acids is 1. The zero-order chi connectivity index (χ0) is 10.1. The Labute approximate surface area is 82.3 Å². The van der Waals surface area contributed by atoms with Gasteiger partial charge < -0.3 is 4.74 Å². The molecule has 0 unspecified atom stereocenters. The number of fused-ring (bicyclic) bond motifs is 1. The molecule has 74 valence electrons. The fourth-order valence-corrected chi connectivity index (χ4v) is 1.86. The van der Waals surface area contributed by atoms with E-state index in [0.717, 1.165) is 17.7 Å². The lowest BCUT2D eigenvalue weighted by atomic mass is 10.1. The lowest BCUT2D eigenvalue weighted by Gasteiger charge is -2.09. The number of aromatic nitrogens is 2. The van der Waals surface area contributed by atoms with Crippen LogP contribution in [-0.2, 0) is 9.53 Å². The molecule has 0 aromatic carbocycles. The van der Waals surface area contributed by atoms with Crippen LogP contribution in [0.25, 0.3) is 0 Å². The number of nitrogens with zero attached hydrogens (tertiary/aromatic N) is 2. The Morgan fingerprint density at radius 3 is 3.14 bits per heavy atom. The maximum Gasteiger partial charge on any atom is 0.303 e. The van der Waals surface area contributed by atoms with Crippen LogP contribution >= 0.6 is 0 Å². The monoisotopic (exact) mass is 192 g/mol. The number of rotatable bonds is 1. The first kappa shape index (κ1) is 9.12. The predicted octanol–water partition coefficient (Wildman–Crippen LogP) is 1.59. The van der Waals surface area contributed by atoms with E-state index in [1.165, 1.54) is 13.3 Å². The molecule has 0 radical (unpaired) electrons. The van der Waals surface area contributed by atoms with Gasteiger partial charge in [-0.15, -0.1) is 0 Å². The highest BCUT2D eigenvalue weighted by Gasteiger charge is 2.31. The summed E-state index contributed by atoms with van der Waals surface area (Å²) < 4.78 is 5.18. The maximum absolute atomic E-state index is 10.9. The number of hydrogen-bond donors (Lipinski definition) is 0. The summed E-state index contributed by atoms with van der Waals surface area (Å²) in [4.78, 5) is 19.0. The van der Waals surface area contributed by atoms with Crippen molar-refractivity contribution in [3.63, 3.8) is 0 Å². The van der Waals surface area contributed by atoms with Crippen LogP contribution in [0.15, 0.2) is 12.5 Å². The van der Waals surface area contributed by atoms with Crippen molar-refractivity contribution in [2.24, 2.45) is 0 Å². The van der Waals surface area contributed by atoms with Crippen molar-refractivity contribution in [1.29, 1.82) is 0 Å². The molecule has 1 heterocycles. The molecule has 2 rings (SSSR count). The highest BCUT2D eigenvalue weighted by Crippen LogP contribution is 2.40. The normalized spacial score (nSPS) is 24.4. The van der Waals surface area contributed by atoms with Crippen LogP contribution in [0.3, 0.4) is 0 Å². The lowest BCUT2D eigenvalue weighted by molar-refractivity contribution is -0.146. The van der Waals surface area contributed by atoms with E-state index in [1.54, 1.807) is 6.20 Å². The molecule has 14 heavy (non-hydrogen) atoms. The third-order valence-corrected chi connectivity index (χ3v) is 2.48. The van der Waals surface area contributed by atoms with E-state index in [0.29, 0.717) is 5.92 Å². The second-order valence-corrected chi connectivity index (χ2v) is 3.60. The fraction of sp³-hybridized carbons (Fsp3) is 0.500. The smallest absolute Gasteiger partial charge is 0.303 e. The molecule has 0 saturated carbocycles. The summed E-state index contributed by atoms with van der Waals surface area (Å²) in [6, 6.07) is 0. The van der Waals surface area contributed by atoms with Crippen molar-refractivity contribution >= 4 is 5.97 Å². The Morgan fingerprint density at radius 1 is 1.64 bits per heavy atom. The van der Waals surface area contributed by atoms with Crippen LogP contribution < -0.4 is 0 Å². The van der Waals surface area contributed by atoms with Crippen molar-refractivity contribution in [1.82, 2.24) is 9.97 Å². The van der Waals surface area contributed by atoms with Gasteiger partial charge in [-0.25, -0.2) is 9.97 Å². The van der Waals surface area contributed by atoms with E-state index < -0.39 is 0 Å². The van der Waals surface area contributed by atoms with E-state index in [2.05, 4.69) is 16.9 Å². The Bertz CT molecular complexity index is 365. The van der Waals surface area contributed by atoms with E-state index in [1.807, 2.05) is 0 Å². The zero-order valence-electron chi connectivity index (χ0n) is 8.23. The summed E-state index contributed by atoms with van der Waals surface area (Å²) in [6.45, 7) is 3.51. The Morgan fingerprint density at radius 2 is 2.43 bits per heavy atom. The SMILES string of the molecule is CC(=O)O[C@@H]1C[C@@H](C)c2cncnc21. The first-order valence-corrected chi connectivity index (χ1v) is 4.65. The summed E-state index contributed by atoms with van der Waals surface area (Å²) in [5.41, 5.74) is 1.96. The fourth-order valence-electron chi connectivity index (χ4n) is 1.86. The van der Waals surface area contributed by atoms with Crippen LogP contribution in [0.1, 0.15) is 43.5 Å². The number of ether oxygens (including phenoxy) is 1. The molecular formula is C10H12N2O2. The van der Waals surface area contributed by atoms with Gasteiger partial charge >= 0.3 is 5.97 Å². The third kappa shape index (κ3) is 1.47. The second kappa shape index (κ2) is 3.36. The van der Waals surface area contributed by atoms with Crippen LogP contribution in [0.4, 0.5) is 0 Å². The Kier molecular flexibility index (Phi) is 2.19. The molecule has 1 aliphatic carbocycles. The first-order chi connectivity index (χ1) is 6.68. The molecular weight excluding hydrogens is 180 g/mol. The Balaban J connectivity index is 2.29. The van der Waals surface area contributed by atoms with Gasteiger partial charge in [-0.3, -0.25) is 4.79 Å². The van der Waals surface area contributed by atoms with Crippen molar-refractivity contribution in [2.75, 3.05) is 0 Å². The summed E-state index contributed by atoms with van der Waals surface area (Å²) in [5.74, 6) is 0.115. The second-order valence-electron chi connectivity index (χ2n) is 3.60. The van der Waals surface area contributed by atoms with Gasteiger partial charge in [0.05, 0.1) is 5.69 Å². The molecule has 4 heteroatoms. The van der Waals surface area contributed by atoms with Crippen LogP contribution in [0.5, 0.6) is 0 Å². The van der Waals surface area contributed by atoms with Crippen LogP contribution in [-0.4, -0.2) is 15.9 Å². The maximum atomic E-state index is 10.9. The van der Waals surface area contributed by atoms with E-state index in [-0.39, 0.29) is 12.1 Å². The van der Waals surface area contributed by atoms with Gasteiger partial charge in [0.15, 0.2) is 0 Å². The Hall–Kier alpha value is -1.45.